The summed E-state index contributed by atoms with van der Waals surface area (Å²) in [4.78, 5) is 11.0. The normalized spacial score (nSPS) is 10.5. The van der Waals surface area contributed by atoms with Gasteiger partial charge in [-0.2, -0.15) is 0 Å². The van der Waals surface area contributed by atoms with E-state index in [1.165, 1.54) is 12.1 Å². The summed E-state index contributed by atoms with van der Waals surface area (Å²) < 4.78 is 1.65. The number of halogens is 1. The number of carboxylic acid groups (broad SMARTS) is 1. The average molecular weight is 300 g/mol. The number of carboxylic acids is 1. The summed E-state index contributed by atoms with van der Waals surface area (Å²) in [5.41, 5.74) is 2.37. The Morgan fingerprint density at radius 1 is 1.14 bits per heavy atom. The van der Waals surface area contributed by atoms with Gasteiger partial charge >= 0.3 is 5.97 Å². The number of hydrogen-bond donors (Lipinski definition) is 1. The third kappa shape index (κ3) is 2.51. The molecule has 3 aromatic rings. The van der Waals surface area contributed by atoms with Crippen molar-refractivity contribution >= 4 is 17.6 Å². The number of benzene rings is 2. The van der Waals surface area contributed by atoms with Gasteiger partial charge in [0.15, 0.2) is 0 Å². The van der Waals surface area contributed by atoms with E-state index in [-0.39, 0.29) is 5.56 Å². The molecule has 0 unspecified atom stereocenters. The summed E-state index contributed by atoms with van der Waals surface area (Å²) in [6.07, 6.45) is 1.59. The molecule has 0 radical (unpaired) electrons. The highest BCUT2D eigenvalue weighted by atomic mass is 35.5. The summed E-state index contributed by atoms with van der Waals surface area (Å²) in [6, 6.07) is 14.1. The summed E-state index contributed by atoms with van der Waals surface area (Å²) >= 11 is 6.19. The second kappa shape index (κ2) is 5.38. The average Bonchev–Trinajstić information content (AvgIpc) is 2.97. The molecule has 0 saturated carbocycles. The van der Waals surface area contributed by atoms with Gasteiger partial charge in [-0.05, 0) is 24.3 Å². The van der Waals surface area contributed by atoms with Gasteiger partial charge < -0.3 is 5.11 Å². The number of hydrogen-bond acceptors (Lipinski definition) is 3. The SMILES string of the molecule is O=C(O)c1ccc(-c2cnnn2-c2ccccc2)c(Cl)c1. The van der Waals surface area contributed by atoms with Crippen LogP contribution < -0.4 is 0 Å². The molecule has 0 saturated heterocycles. The third-order valence-corrected chi connectivity index (χ3v) is 3.35. The van der Waals surface area contributed by atoms with Crippen molar-refractivity contribution in [2.24, 2.45) is 0 Å². The lowest BCUT2D eigenvalue weighted by Crippen LogP contribution is -2.00. The smallest absolute Gasteiger partial charge is 0.335 e. The van der Waals surface area contributed by atoms with E-state index in [4.69, 9.17) is 16.7 Å². The molecule has 0 aliphatic carbocycles. The third-order valence-electron chi connectivity index (χ3n) is 3.04. The molecule has 0 bridgehead atoms. The molecule has 0 spiro atoms. The minimum absolute atomic E-state index is 0.141. The summed E-state index contributed by atoms with van der Waals surface area (Å²) in [6.45, 7) is 0. The molecule has 0 aliphatic rings. The van der Waals surface area contributed by atoms with E-state index < -0.39 is 5.97 Å². The highest BCUT2D eigenvalue weighted by molar-refractivity contribution is 6.33. The molecular formula is C15H10ClN3O2. The van der Waals surface area contributed by atoms with E-state index in [2.05, 4.69) is 10.3 Å². The minimum atomic E-state index is -1.02. The first-order chi connectivity index (χ1) is 10.2. The van der Waals surface area contributed by atoms with Crippen molar-refractivity contribution < 1.29 is 9.90 Å². The maximum Gasteiger partial charge on any atom is 0.335 e. The number of para-hydroxylation sites is 1. The van der Waals surface area contributed by atoms with Gasteiger partial charge in [0.05, 0.1) is 28.2 Å². The van der Waals surface area contributed by atoms with Crippen molar-refractivity contribution in [1.29, 1.82) is 0 Å². The van der Waals surface area contributed by atoms with Gasteiger partial charge in [-0.15, -0.1) is 5.10 Å². The Bertz CT molecular complexity index is 800. The molecule has 0 aliphatic heterocycles. The van der Waals surface area contributed by atoms with E-state index in [0.29, 0.717) is 16.3 Å². The Balaban J connectivity index is 2.11. The van der Waals surface area contributed by atoms with Crippen LogP contribution in [0.2, 0.25) is 5.02 Å². The van der Waals surface area contributed by atoms with E-state index in [9.17, 15) is 4.79 Å². The highest BCUT2D eigenvalue weighted by Crippen LogP contribution is 2.29. The Labute approximate surface area is 125 Å². The van der Waals surface area contributed by atoms with Crippen LogP contribution in [0.1, 0.15) is 10.4 Å². The Morgan fingerprint density at radius 3 is 2.57 bits per heavy atom. The predicted molar refractivity (Wildman–Crippen MR) is 78.8 cm³/mol. The van der Waals surface area contributed by atoms with E-state index in [1.54, 1.807) is 16.9 Å². The molecule has 5 nitrogen and oxygen atoms in total. The lowest BCUT2D eigenvalue weighted by atomic mass is 10.1. The maximum absolute atomic E-state index is 11.0. The molecule has 3 rings (SSSR count). The minimum Gasteiger partial charge on any atom is -0.478 e. The molecule has 104 valence electrons. The van der Waals surface area contributed by atoms with Gasteiger partial charge in [0.1, 0.15) is 0 Å². The predicted octanol–water partition coefficient (Wildman–Crippen LogP) is 3.29. The number of rotatable bonds is 3. The Kier molecular flexibility index (Phi) is 3.41. The molecule has 0 amide bonds. The largest absolute Gasteiger partial charge is 0.478 e. The zero-order chi connectivity index (χ0) is 14.8. The first-order valence-corrected chi connectivity index (χ1v) is 6.54. The van der Waals surface area contributed by atoms with Gasteiger partial charge in [0.25, 0.3) is 0 Å². The van der Waals surface area contributed by atoms with Crippen molar-refractivity contribution in [2.75, 3.05) is 0 Å². The van der Waals surface area contributed by atoms with Crippen LogP contribution in [-0.4, -0.2) is 26.1 Å². The van der Waals surface area contributed by atoms with Crippen LogP contribution in [0.5, 0.6) is 0 Å². The lowest BCUT2D eigenvalue weighted by Gasteiger charge is -2.08. The van der Waals surface area contributed by atoms with Crippen molar-refractivity contribution in [3.8, 4) is 16.9 Å². The highest BCUT2D eigenvalue weighted by Gasteiger charge is 2.13. The van der Waals surface area contributed by atoms with Crippen molar-refractivity contribution in [3.63, 3.8) is 0 Å². The van der Waals surface area contributed by atoms with Gasteiger partial charge in [-0.25, -0.2) is 9.48 Å². The van der Waals surface area contributed by atoms with E-state index in [0.717, 1.165) is 5.69 Å². The number of aromatic nitrogens is 3. The van der Waals surface area contributed by atoms with E-state index >= 15 is 0 Å². The van der Waals surface area contributed by atoms with Crippen LogP contribution in [0, 0.1) is 0 Å². The summed E-state index contributed by atoms with van der Waals surface area (Å²) in [5, 5.41) is 17.3. The molecule has 21 heavy (non-hydrogen) atoms. The fourth-order valence-corrected chi connectivity index (χ4v) is 2.31. The van der Waals surface area contributed by atoms with Crippen molar-refractivity contribution in [2.45, 2.75) is 0 Å². The summed E-state index contributed by atoms with van der Waals surface area (Å²) in [7, 11) is 0. The molecule has 0 fully saturated rings. The zero-order valence-electron chi connectivity index (χ0n) is 10.8. The second-order valence-electron chi connectivity index (χ2n) is 4.37. The second-order valence-corrected chi connectivity index (χ2v) is 4.77. The molecule has 0 atom stereocenters. The fourth-order valence-electron chi connectivity index (χ4n) is 2.03. The number of aromatic carboxylic acids is 1. The van der Waals surface area contributed by atoms with Crippen LogP contribution >= 0.6 is 11.6 Å². The van der Waals surface area contributed by atoms with Crippen LogP contribution in [-0.2, 0) is 0 Å². The van der Waals surface area contributed by atoms with Crippen molar-refractivity contribution in [3.05, 3.63) is 65.3 Å². The van der Waals surface area contributed by atoms with Crippen LogP contribution in [0.25, 0.3) is 16.9 Å². The fraction of sp³-hybridized carbons (Fsp3) is 0. The molecule has 2 aromatic carbocycles. The quantitative estimate of drug-likeness (QED) is 0.806. The van der Waals surface area contributed by atoms with Crippen LogP contribution in [0.3, 0.4) is 0 Å². The number of nitrogens with zero attached hydrogens (tertiary/aromatic N) is 3. The van der Waals surface area contributed by atoms with E-state index in [1.807, 2.05) is 30.3 Å². The maximum atomic E-state index is 11.0. The molecular weight excluding hydrogens is 290 g/mol. The van der Waals surface area contributed by atoms with Crippen molar-refractivity contribution in [1.82, 2.24) is 15.0 Å². The Hall–Kier alpha value is -2.66. The standard InChI is InChI=1S/C15H10ClN3O2/c16-13-8-10(15(20)21)6-7-12(13)14-9-17-18-19(14)11-4-2-1-3-5-11/h1-9H,(H,20,21). The zero-order valence-corrected chi connectivity index (χ0v) is 11.5. The van der Waals surface area contributed by atoms with Gasteiger partial charge in [0, 0.05) is 5.56 Å². The van der Waals surface area contributed by atoms with Crippen LogP contribution in [0.4, 0.5) is 0 Å². The molecule has 6 heteroatoms. The number of carbonyl (C=O) groups is 1. The van der Waals surface area contributed by atoms with Gasteiger partial charge in [-0.1, -0.05) is 41.1 Å². The van der Waals surface area contributed by atoms with Gasteiger partial charge in [-0.3, -0.25) is 0 Å². The topological polar surface area (TPSA) is 68.0 Å². The first kappa shape index (κ1) is 13.3. The first-order valence-electron chi connectivity index (χ1n) is 6.16. The molecule has 1 aromatic heterocycles. The summed E-state index contributed by atoms with van der Waals surface area (Å²) in [5.74, 6) is -1.02. The lowest BCUT2D eigenvalue weighted by molar-refractivity contribution is 0.0697. The van der Waals surface area contributed by atoms with Gasteiger partial charge in [0.2, 0.25) is 0 Å². The monoisotopic (exact) mass is 299 g/mol. The molecule has 1 N–H and O–H groups in total. The van der Waals surface area contributed by atoms with Crippen LogP contribution in [0.15, 0.2) is 54.7 Å². The molecule has 1 heterocycles. The Morgan fingerprint density at radius 2 is 1.90 bits per heavy atom.